The van der Waals surface area contributed by atoms with Crippen LogP contribution in [0, 0.1) is 0 Å². The van der Waals surface area contributed by atoms with Gasteiger partial charge in [-0.2, -0.15) is 9.25 Å². The first-order valence-corrected chi connectivity index (χ1v) is 10.2. The van der Waals surface area contributed by atoms with Crippen LogP contribution in [0.3, 0.4) is 0 Å². The minimum Gasteiger partial charge on any atom is -0.273 e. The Morgan fingerprint density at radius 2 is 1.17 bits per heavy atom. The quantitative estimate of drug-likeness (QED) is 0.618. The largest absolute Gasteiger partial charge is 0.361 e. The summed E-state index contributed by atoms with van der Waals surface area (Å²) >= 11 is 0. The molecule has 0 aliphatic carbocycles. The number of hydrogen-bond acceptors (Lipinski definition) is 5. The van der Waals surface area contributed by atoms with Gasteiger partial charge in [0.05, 0.1) is 11.1 Å². The van der Waals surface area contributed by atoms with E-state index in [0.29, 0.717) is 25.7 Å². The summed E-state index contributed by atoms with van der Waals surface area (Å²) in [6.45, 7) is 7.94. The minimum absolute atomic E-state index is 0.175. The molecule has 2 heterocycles. The molecule has 2 amide bonds. The Morgan fingerprint density at radius 1 is 0.833 bits per heavy atom. The Labute approximate surface area is 144 Å². The van der Waals surface area contributed by atoms with Gasteiger partial charge in [0.2, 0.25) is 11.8 Å². The highest BCUT2D eigenvalue weighted by molar-refractivity contribution is 7.33. The first kappa shape index (κ1) is 19.4. The van der Waals surface area contributed by atoms with Crippen LogP contribution in [0.2, 0.25) is 0 Å². The van der Waals surface area contributed by atoms with Gasteiger partial charge >= 0.3 is 8.25 Å². The van der Waals surface area contributed by atoms with E-state index >= 15 is 0 Å². The summed E-state index contributed by atoms with van der Waals surface area (Å²) in [7, 11) is -3.04. The summed E-state index contributed by atoms with van der Waals surface area (Å²) in [6.07, 6.45) is 5.03. The van der Waals surface area contributed by atoms with Crippen LogP contribution < -0.4 is 0 Å². The van der Waals surface area contributed by atoms with Crippen molar-refractivity contribution in [1.29, 1.82) is 0 Å². The highest BCUT2D eigenvalue weighted by Crippen LogP contribution is 2.44. The van der Waals surface area contributed by atoms with Crippen molar-refractivity contribution in [2.24, 2.45) is 0 Å². The van der Waals surface area contributed by atoms with Crippen molar-refractivity contribution in [3.8, 4) is 0 Å². The molecule has 2 aliphatic heterocycles. The lowest BCUT2D eigenvalue weighted by Crippen LogP contribution is -2.45. The van der Waals surface area contributed by atoms with Crippen LogP contribution >= 0.6 is 8.25 Å². The predicted octanol–water partition coefficient (Wildman–Crippen LogP) is 3.60. The summed E-state index contributed by atoms with van der Waals surface area (Å²) < 4.78 is 23.3. The molecule has 2 rings (SSSR count). The fourth-order valence-corrected chi connectivity index (χ4v) is 4.78. The lowest BCUT2D eigenvalue weighted by Gasteiger charge is -2.37. The first-order chi connectivity index (χ1) is 11.4. The molecule has 0 spiro atoms. The van der Waals surface area contributed by atoms with Crippen molar-refractivity contribution in [2.75, 3.05) is 0 Å². The van der Waals surface area contributed by atoms with Gasteiger partial charge in [0, 0.05) is 12.8 Å². The summed E-state index contributed by atoms with van der Waals surface area (Å²) in [5.41, 5.74) is -0.856. The van der Waals surface area contributed by atoms with E-state index < -0.39 is 19.3 Å². The van der Waals surface area contributed by atoms with Crippen molar-refractivity contribution in [3.63, 3.8) is 0 Å². The molecular formula is C16H29N2O5P. The molecule has 0 aromatic heterocycles. The highest BCUT2D eigenvalue weighted by Gasteiger charge is 2.47. The van der Waals surface area contributed by atoms with E-state index in [-0.39, 0.29) is 11.8 Å². The average molecular weight is 360 g/mol. The molecule has 8 heteroatoms. The van der Waals surface area contributed by atoms with Crippen LogP contribution in [0.15, 0.2) is 0 Å². The molecule has 24 heavy (non-hydrogen) atoms. The Balaban J connectivity index is 2.09. The molecule has 0 unspecified atom stereocenters. The molecule has 0 N–H and O–H groups in total. The van der Waals surface area contributed by atoms with Gasteiger partial charge in [0.25, 0.3) is 0 Å². The lowest BCUT2D eigenvalue weighted by molar-refractivity contribution is -0.189. The van der Waals surface area contributed by atoms with Crippen molar-refractivity contribution < 1.29 is 23.4 Å². The SMILES string of the molecule is CCC1(CC)CCC(=O)N1O[PH](=O)ON1C(=O)CCC1(CC)CC. The Morgan fingerprint density at radius 3 is 1.46 bits per heavy atom. The van der Waals surface area contributed by atoms with Crippen LogP contribution in [0.4, 0.5) is 0 Å². The molecule has 2 aliphatic rings. The molecule has 138 valence electrons. The van der Waals surface area contributed by atoms with Gasteiger partial charge in [-0.3, -0.25) is 14.2 Å². The summed E-state index contributed by atoms with van der Waals surface area (Å²) in [4.78, 5) is 24.3. The second-order valence-corrected chi connectivity index (χ2v) is 7.54. The molecule has 0 atom stereocenters. The molecular weight excluding hydrogens is 331 g/mol. The van der Waals surface area contributed by atoms with Crippen molar-refractivity contribution >= 4 is 20.1 Å². The van der Waals surface area contributed by atoms with Crippen LogP contribution in [-0.4, -0.2) is 33.0 Å². The van der Waals surface area contributed by atoms with Gasteiger partial charge in [-0.25, -0.2) is 10.1 Å². The highest BCUT2D eigenvalue weighted by atomic mass is 31.1. The lowest BCUT2D eigenvalue weighted by atomic mass is 9.91. The van der Waals surface area contributed by atoms with Crippen molar-refractivity contribution in [2.45, 2.75) is 90.1 Å². The molecule has 0 aromatic carbocycles. The van der Waals surface area contributed by atoms with Crippen LogP contribution in [0.25, 0.3) is 0 Å². The van der Waals surface area contributed by atoms with Gasteiger partial charge in [0.15, 0.2) is 0 Å². The average Bonchev–Trinajstić information content (AvgIpc) is 3.07. The zero-order chi connectivity index (χ0) is 18.0. The monoisotopic (exact) mass is 360 g/mol. The molecule has 7 nitrogen and oxygen atoms in total. The molecule has 2 fully saturated rings. The maximum absolute atomic E-state index is 12.4. The van der Waals surface area contributed by atoms with Gasteiger partial charge in [-0.1, -0.05) is 27.7 Å². The normalized spacial score (nSPS) is 22.9. The van der Waals surface area contributed by atoms with Gasteiger partial charge in [-0.15, -0.1) is 0 Å². The number of hydroxylamine groups is 4. The Kier molecular flexibility index (Phi) is 6.10. The van der Waals surface area contributed by atoms with E-state index in [4.69, 9.17) is 9.25 Å². The van der Waals surface area contributed by atoms with E-state index in [2.05, 4.69) is 0 Å². The maximum Gasteiger partial charge on any atom is 0.361 e. The third-order valence-electron chi connectivity index (χ3n) is 5.89. The zero-order valence-electron chi connectivity index (χ0n) is 15.1. The van der Waals surface area contributed by atoms with Crippen LogP contribution in [0.5, 0.6) is 0 Å². The number of amides is 2. The number of rotatable bonds is 8. The smallest absolute Gasteiger partial charge is 0.273 e. The van der Waals surface area contributed by atoms with Crippen molar-refractivity contribution in [1.82, 2.24) is 10.1 Å². The summed E-state index contributed by atoms with van der Waals surface area (Å²) in [5.74, 6) is -0.351. The number of hydrogen-bond donors (Lipinski definition) is 0. The van der Waals surface area contributed by atoms with E-state index in [1.54, 1.807) is 0 Å². The molecule has 0 radical (unpaired) electrons. The molecule has 0 saturated carbocycles. The van der Waals surface area contributed by atoms with E-state index in [1.807, 2.05) is 27.7 Å². The summed E-state index contributed by atoms with van der Waals surface area (Å²) in [6, 6.07) is 0. The first-order valence-electron chi connectivity index (χ1n) is 8.94. The minimum atomic E-state index is -3.04. The number of carbonyl (C=O) groups is 2. The third kappa shape index (κ3) is 3.26. The van der Waals surface area contributed by atoms with Crippen LogP contribution in [-0.2, 0) is 23.4 Å². The summed E-state index contributed by atoms with van der Waals surface area (Å²) in [5, 5.41) is 2.49. The molecule has 0 aromatic rings. The predicted molar refractivity (Wildman–Crippen MR) is 90.0 cm³/mol. The maximum atomic E-state index is 12.4. The fourth-order valence-electron chi connectivity index (χ4n) is 3.86. The van der Waals surface area contributed by atoms with Crippen molar-refractivity contribution in [3.05, 3.63) is 0 Å². The number of carbonyl (C=O) groups excluding carboxylic acids is 2. The Bertz CT molecular complexity index is 473. The fraction of sp³-hybridized carbons (Fsp3) is 0.875. The van der Waals surface area contributed by atoms with E-state index in [0.717, 1.165) is 25.7 Å². The van der Waals surface area contributed by atoms with Gasteiger partial charge in [0.1, 0.15) is 0 Å². The molecule has 0 bridgehead atoms. The Hall–Kier alpha value is -0.910. The second-order valence-electron chi connectivity index (χ2n) is 6.67. The van der Waals surface area contributed by atoms with Gasteiger partial charge < -0.3 is 0 Å². The van der Waals surface area contributed by atoms with E-state index in [9.17, 15) is 14.2 Å². The van der Waals surface area contributed by atoms with E-state index in [1.165, 1.54) is 10.1 Å². The zero-order valence-corrected chi connectivity index (χ0v) is 16.1. The number of nitrogens with zero attached hydrogens (tertiary/aromatic N) is 2. The topological polar surface area (TPSA) is 76.2 Å². The standard InChI is InChI=1S/C16H29N2O5P/c1-5-15(6-2)11-9-13(19)17(15)22-24(21)23-18-14(20)10-12-16(18,7-3)8-4/h24H,5-12H2,1-4H3. The third-order valence-corrected chi connectivity index (χ3v) is 6.55. The van der Waals surface area contributed by atoms with Gasteiger partial charge in [-0.05, 0) is 38.5 Å². The van der Waals surface area contributed by atoms with Crippen LogP contribution in [0.1, 0.15) is 79.1 Å². The molecule has 2 saturated heterocycles. The second kappa shape index (κ2) is 7.54.